The Labute approximate surface area is 202 Å². The molecule has 7 nitrogen and oxygen atoms in total. The Hall–Kier alpha value is -2.54. The van der Waals surface area contributed by atoms with Gasteiger partial charge < -0.3 is 19.1 Å². The van der Waals surface area contributed by atoms with Crippen LogP contribution < -0.4 is 9.64 Å². The smallest absolute Gasteiger partial charge is 0.337 e. The van der Waals surface area contributed by atoms with Crippen molar-refractivity contribution in [2.45, 2.75) is 56.5 Å². The first-order valence-electron chi connectivity index (χ1n) is 12.5. The zero-order chi connectivity index (χ0) is 24.2. The lowest BCUT2D eigenvalue weighted by atomic mass is 9.71. The highest BCUT2D eigenvalue weighted by molar-refractivity contribution is 6.17. The van der Waals surface area contributed by atoms with E-state index in [1.54, 1.807) is 14.2 Å². The maximum absolute atomic E-state index is 14.3. The van der Waals surface area contributed by atoms with Crippen LogP contribution in [0.25, 0.3) is 0 Å². The average molecular weight is 469 g/mol. The summed E-state index contributed by atoms with van der Waals surface area (Å²) in [7, 11) is 6.70. The predicted molar refractivity (Wildman–Crippen MR) is 129 cm³/mol. The van der Waals surface area contributed by atoms with E-state index in [-0.39, 0.29) is 23.7 Å². The van der Waals surface area contributed by atoms with Crippen LogP contribution in [-0.2, 0) is 14.3 Å². The van der Waals surface area contributed by atoms with Crippen LogP contribution in [0.3, 0.4) is 0 Å². The van der Waals surface area contributed by atoms with E-state index in [9.17, 15) is 9.59 Å². The van der Waals surface area contributed by atoms with Crippen LogP contribution in [0, 0.1) is 11.8 Å². The van der Waals surface area contributed by atoms with Gasteiger partial charge in [-0.3, -0.25) is 9.69 Å². The number of anilines is 1. The number of benzene rings is 1. The SMILES string of the molecule is CC[C@@H]1CN2CC[C@@]3(C(=O)c4c(ccc(C5CC5)c4OC)N3C)[C@@H]2C[C@@H]1/C(=C\OC)C(=O)OC. The lowest BCUT2D eigenvalue weighted by Gasteiger charge is -2.47. The lowest BCUT2D eigenvalue weighted by molar-refractivity contribution is -0.137. The van der Waals surface area contributed by atoms with Crippen molar-refractivity contribution in [3.8, 4) is 5.75 Å². The van der Waals surface area contributed by atoms with Crippen molar-refractivity contribution in [2.75, 3.05) is 46.4 Å². The number of fused-ring (bicyclic) bond motifs is 3. The number of rotatable bonds is 6. The van der Waals surface area contributed by atoms with Crippen LogP contribution in [-0.4, -0.2) is 69.7 Å². The number of ketones is 1. The second-order valence-corrected chi connectivity index (χ2v) is 10.2. The molecule has 0 amide bonds. The molecule has 4 aliphatic rings. The second-order valence-electron chi connectivity index (χ2n) is 10.2. The molecule has 1 saturated carbocycles. The Balaban J connectivity index is 1.55. The standard InChI is InChI=1S/C27H36N2O5/c1-6-16-14-29-12-11-27(22(29)13-19(16)20(15-32-3)26(31)34-5)25(30)23-21(28(27)2)10-9-18(17-7-8-17)24(23)33-4/h9-10,15-17,19,22H,6-8,11-14H2,1-5H3/b20-15+/t16-,19+,22+,27+/m1/s1. The highest BCUT2D eigenvalue weighted by Crippen LogP contribution is 2.55. The normalized spacial score (nSPS) is 31.0. The lowest BCUT2D eigenvalue weighted by Crippen LogP contribution is -2.60. The van der Waals surface area contributed by atoms with Gasteiger partial charge in [0.15, 0.2) is 5.78 Å². The molecule has 34 heavy (non-hydrogen) atoms. The minimum absolute atomic E-state index is 0.00388. The molecular weight excluding hydrogens is 432 g/mol. The van der Waals surface area contributed by atoms with Crippen LogP contribution in [0.4, 0.5) is 5.69 Å². The maximum atomic E-state index is 14.3. The number of carbonyl (C=O) groups is 2. The van der Waals surface area contributed by atoms with Gasteiger partial charge in [-0.25, -0.2) is 4.79 Å². The summed E-state index contributed by atoms with van der Waals surface area (Å²) < 4.78 is 16.3. The van der Waals surface area contributed by atoms with Crippen LogP contribution in [0.5, 0.6) is 5.75 Å². The zero-order valence-corrected chi connectivity index (χ0v) is 20.9. The van der Waals surface area contributed by atoms with Gasteiger partial charge in [0.05, 0.1) is 44.4 Å². The van der Waals surface area contributed by atoms with E-state index in [0.29, 0.717) is 23.8 Å². The first-order chi connectivity index (χ1) is 16.4. The van der Waals surface area contributed by atoms with Gasteiger partial charge in [-0.1, -0.05) is 19.4 Å². The van der Waals surface area contributed by atoms with Crippen molar-refractivity contribution >= 4 is 17.4 Å². The number of hydrogen-bond acceptors (Lipinski definition) is 7. The molecule has 184 valence electrons. The average Bonchev–Trinajstić information content (AvgIpc) is 3.60. The second kappa shape index (κ2) is 8.59. The minimum Gasteiger partial charge on any atom is -0.504 e. The van der Waals surface area contributed by atoms with Crippen LogP contribution in [0.15, 0.2) is 24.0 Å². The first-order valence-corrected chi connectivity index (χ1v) is 12.5. The third-order valence-electron chi connectivity index (χ3n) is 8.84. The number of methoxy groups -OCH3 is 3. The summed E-state index contributed by atoms with van der Waals surface area (Å²) in [6.07, 6.45) is 6.28. The van der Waals surface area contributed by atoms with Crippen molar-refractivity contribution in [1.29, 1.82) is 0 Å². The van der Waals surface area contributed by atoms with Crippen LogP contribution in [0.1, 0.15) is 60.9 Å². The summed E-state index contributed by atoms with van der Waals surface area (Å²) in [5.74, 6) is 1.35. The highest BCUT2D eigenvalue weighted by atomic mass is 16.5. The fourth-order valence-electron chi connectivity index (χ4n) is 6.95. The maximum Gasteiger partial charge on any atom is 0.337 e. The summed E-state index contributed by atoms with van der Waals surface area (Å²) in [5, 5.41) is 0. The van der Waals surface area contributed by atoms with Gasteiger partial charge in [0.2, 0.25) is 0 Å². The number of hydrogen-bond donors (Lipinski definition) is 0. The first kappa shape index (κ1) is 23.2. The van der Waals surface area contributed by atoms with Gasteiger partial charge in [0.1, 0.15) is 11.3 Å². The Morgan fingerprint density at radius 2 is 2.00 bits per heavy atom. The van der Waals surface area contributed by atoms with E-state index in [1.807, 2.05) is 0 Å². The van der Waals surface area contributed by atoms with E-state index < -0.39 is 5.54 Å². The number of esters is 1. The molecule has 1 aromatic carbocycles. The summed E-state index contributed by atoms with van der Waals surface area (Å²) in [4.78, 5) is 31.7. The molecule has 0 unspecified atom stereocenters. The van der Waals surface area contributed by atoms with Crippen molar-refractivity contribution in [2.24, 2.45) is 11.8 Å². The molecule has 3 aliphatic heterocycles. The topological polar surface area (TPSA) is 68.3 Å². The molecule has 0 bridgehead atoms. The van der Waals surface area contributed by atoms with Gasteiger partial charge in [-0.05, 0) is 55.1 Å². The highest BCUT2D eigenvalue weighted by Gasteiger charge is 2.62. The summed E-state index contributed by atoms with van der Waals surface area (Å²) in [6, 6.07) is 4.27. The fraction of sp³-hybridized carbons (Fsp3) is 0.630. The molecule has 5 rings (SSSR count). The predicted octanol–water partition coefficient (Wildman–Crippen LogP) is 3.77. The Bertz CT molecular complexity index is 1030. The monoisotopic (exact) mass is 468 g/mol. The third kappa shape index (κ3) is 3.19. The number of carbonyl (C=O) groups excluding carboxylic acids is 2. The number of Topliss-reactive ketones (excluding diaryl/α,β-unsaturated/α-hetero) is 1. The van der Waals surface area contributed by atoms with Gasteiger partial charge >= 0.3 is 5.97 Å². The van der Waals surface area contributed by atoms with Gasteiger partial charge in [-0.15, -0.1) is 0 Å². The largest absolute Gasteiger partial charge is 0.504 e. The van der Waals surface area contributed by atoms with Gasteiger partial charge in [-0.2, -0.15) is 0 Å². The molecule has 7 heteroatoms. The summed E-state index contributed by atoms with van der Waals surface area (Å²) in [5.41, 5.74) is 2.79. The number of nitrogens with zero attached hydrogens (tertiary/aromatic N) is 2. The van der Waals surface area contributed by atoms with Crippen molar-refractivity contribution in [3.63, 3.8) is 0 Å². The zero-order valence-electron chi connectivity index (χ0n) is 20.9. The number of likely N-dealkylation sites (N-methyl/N-ethyl adjacent to an activating group) is 1. The van der Waals surface area contributed by atoms with E-state index in [4.69, 9.17) is 14.2 Å². The molecule has 0 N–H and O–H groups in total. The van der Waals surface area contributed by atoms with Crippen molar-refractivity contribution in [3.05, 3.63) is 35.1 Å². The van der Waals surface area contributed by atoms with Gasteiger partial charge in [0.25, 0.3) is 0 Å². The van der Waals surface area contributed by atoms with Crippen molar-refractivity contribution in [1.82, 2.24) is 4.90 Å². The quantitative estimate of drug-likeness (QED) is 0.358. The fourth-order valence-corrected chi connectivity index (χ4v) is 6.95. The molecular formula is C27H36N2O5. The Kier molecular flexibility index (Phi) is 5.87. The van der Waals surface area contributed by atoms with E-state index in [2.05, 4.69) is 35.9 Å². The van der Waals surface area contributed by atoms with E-state index in [1.165, 1.54) is 18.9 Å². The molecule has 1 aromatic rings. The molecule has 3 fully saturated rings. The van der Waals surface area contributed by atoms with Crippen LogP contribution >= 0.6 is 0 Å². The minimum atomic E-state index is -0.650. The molecule has 2 saturated heterocycles. The van der Waals surface area contributed by atoms with E-state index in [0.717, 1.165) is 55.8 Å². The number of ether oxygens (including phenoxy) is 3. The van der Waals surface area contributed by atoms with Crippen molar-refractivity contribution < 1.29 is 23.8 Å². The van der Waals surface area contributed by atoms with E-state index >= 15 is 0 Å². The molecule has 4 atom stereocenters. The summed E-state index contributed by atoms with van der Waals surface area (Å²) >= 11 is 0. The third-order valence-corrected chi connectivity index (χ3v) is 8.84. The molecule has 1 aliphatic carbocycles. The summed E-state index contributed by atoms with van der Waals surface area (Å²) in [6.45, 7) is 3.89. The molecule has 3 heterocycles. The Morgan fingerprint density at radius 1 is 1.24 bits per heavy atom. The van der Waals surface area contributed by atoms with Gasteiger partial charge in [0, 0.05) is 26.2 Å². The molecule has 0 aromatic heterocycles. The Morgan fingerprint density at radius 3 is 2.62 bits per heavy atom. The number of piperidine rings is 1. The molecule has 0 radical (unpaired) electrons. The van der Waals surface area contributed by atoms with Crippen LogP contribution in [0.2, 0.25) is 0 Å². The molecule has 1 spiro atoms.